The van der Waals surface area contributed by atoms with Crippen LogP contribution in [-0.2, 0) is 23.7 Å². The first-order valence-corrected chi connectivity index (χ1v) is 12.9. The lowest BCUT2D eigenvalue weighted by Crippen LogP contribution is -2.48. The molecule has 1 N–H and O–H groups in total. The highest BCUT2D eigenvalue weighted by Crippen LogP contribution is 2.37. The van der Waals surface area contributed by atoms with E-state index in [0.717, 1.165) is 10.5 Å². The van der Waals surface area contributed by atoms with E-state index in [1.165, 1.54) is 13.2 Å². The molecule has 7 nitrogen and oxygen atoms in total. The number of pyridine rings is 1. The van der Waals surface area contributed by atoms with Crippen LogP contribution in [0.5, 0.6) is 0 Å². The summed E-state index contributed by atoms with van der Waals surface area (Å²) >= 11 is 0. The standard InChI is InChI=1S/C29H28F6N4O3/c1-18-5-3-4-6-22(18)23-14-25(39-9-7-38(8-10-39)17-26(40)41)36-15-24(23)27(42)37(2)16-19-11-20(28(30,31)32)13-21(12-19)29(33,34)35/h3-6,11-15H,7-10,16-17H2,1-2H3,(H,40,41). The van der Waals surface area contributed by atoms with Gasteiger partial charge in [-0.3, -0.25) is 14.5 Å². The van der Waals surface area contributed by atoms with Gasteiger partial charge >= 0.3 is 18.3 Å². The van der Waals surface area contributed by atoms with Gasteiger partial charge < -0.3 is 14.9 Å². The number of amides is 1. The summed E-state index contributed by atoms with van der Waals surface area (Å²) in [6.45, 7) is 3.25. The van der Waals surface area contributed by atoms with Gasteiger partial charge in [-0.25, -0.2) is 4.98 Å². The van der Waals surface area contributed by atoms with Gasteiger partial charge in [0.15, 0.2) is 0 Å². The summed E-state index contributed by atoms with van der Waals surface area (Å²) in [4.78, 5) is 33.9. The lowest BCUT2D eigenvalue weighted by molar-refractivity contribution is -0.143. The topological polar surface area (TPSA) is 77.0 Å². The molecule has 4 rings (SSSR count). The number of aliphatic carboxylic acids is 1. The fourth-order valence-electron chi connectivity index (χ4n) is 4.87. The molecule has 1 fully saturated rings. The molecule has 1 aliphatic heterocycles. The molecule has 0 bridgehead atoms. The predicted octanol–water partition coefficient (Wildman–Crippen LogP) is 5.57. The van der Waals surface area contributed by atoms with Gasteiger partial charge in [0.2, 0.25) is 0 Å². The number of nitrogens with zero attached hydrogens (tertiary/aromatic N) is 4. The van der Waals surface area contributed by atoms with Crippen molar-refractivity contribution < 1.29 is 41.0 Å². The number of halogens is 6. The molecule has 0 radical (unpaired) electrons. The van der Waals surface area contributed by atoms with Gasteiger partial charge in [0.1, 0.15) is 5.82 Å². The Hall–Kier alpha value is -4.13. The van der Waals surface area contributed by atoms with Gasteiger partial charge in [-0.05, 0) is 53.4 Å². The minimum absolute atomic E-state index is 0.0474. The van der Waals surface area contributed by atoms with Crippen LogP contribution >= 0.6 is 0 Å². The summed E-state index contributed by atoms with van der Waals surface area (Å²) < 4.78 is 80.1. The Bertz CT molecular complexity index is 1430. The summed E-state index contributed by atoms with van der Waals surface area (Å²) in [5.74, 6) is -1.00. The summed E-state index contributed by atoms with van der Waals surface area (Å²) in [7, 11) is 1.30. The van der Waals surface area contributed by atoms with E-state index >= 15 is 0 Å². The van der Waals surface area contributed by atoms with Gasteiger partial charge in [0.25, 0.3) is 5.91 Å². The van der Waals surface area contributed by atoms with Gasteiger partial charge in [-0.2, -0.15) is 26.3 Å². The van der Waals surface area contributed by atoms with E-state index in [-0.39, 0.29) is 23.7 Å². The average Bonchev–Trinajstić information content (AvgIpc) is 2.91. The zero-order valence-corrected chi connectivity index (χ0v) is 22.8. The smallest absolute Gasteiger partial charge is 0.416 e. The monoisotopic (exact) mass is 594 g/mol. The highest BCUT2D eigenvalue weighted by atomic mass is 19.4. The highest BCUT2D eigenvalue weighted by Gasteiger charge is 2.37. The third-order valence-electron chi connectivity index (χ3n) is 7.02. The number of aromatic nitrogens is 1. The first-order chi connectivity index (χ1) is 19.6. The van der Waals surface area contributed by atoms with E-state index in [0.29, 0.717) is 55.3 Å². The summed E-state index contributed by atoms with van der Waals surface area (Å²) in [6.07, 6.45) is -8.66. The summed E-state index contributed by atoms with van der Waals surface area (Å²) in [5, 5.41) is 9.05. The molecule has 0 aliphatic carbocycles. The molecular formula is C29H28F6N4O3. The van der Waals surface area contributed by atoms with E-state index in [9.17, 15) is 35.9 Å². The zero-order chi connectivity index (χ0) is 30.8. The molecule has 0 spiro atoms. The molecule has 1 saturated heterocycles. The van der Waals surface area contributed by atoms with E-state index in [2.05, 4.69) is 4.98 Å². The number of alkyl halides is 6. The average molecular weight is 595 g/mol. The number of piperazine rings is 1. The van der Waals surface area contributed by atoms with Crippen molar-refractivity contribution in [2.45, 2.75) is 25.8 Å². The number of anilines is 1. The van der Waals surface area contributed by atoms with E-state index in [1.807, 2.05) is 24.0 Å². The lowest BCUT2D eigenvalue weighted by atomic mass is 9.96. The minimum Gasteiger partial charge on any atom is -0.480 e. The van der Waals surface area contributed by atoms with Crippen LogP contribution in [-0.4, -0.2) is 71.5 Å². The molecular weight excluding hydrogens is 566 g/mol. The number of carbonyl (C=O) groups is 2. The quantitative estimate of drug-likeness (QED) is 0.361. The number of rotatable bonds is 7. The largest absolute Gasteiger partial charge is 0.480 e. The van der Waals surface area contributed by atoms with Crippen LogP contribution in [0.3, 0.4) is 0 Å². The first kappa shape index (κ1) is 30.8. The zero-order valence-electron chi connectivity index (χ0n) is 22.8. The molecule has 0 saturated carbocycles. The molecule has 0 atom stereocenters. The Morgan fingerprint density at radius 3 is 2.05 bits per heavy atom. The van der Waals surface area contributed by atoms with E-state index in [4.69, 9.17) is 5.11 Å². The van der Waals surface area contributed by atoms with Crippen molar-refractivity contribution in [2.75, 3.05) is 44.7 Å². The van der Waals surface area contributed by atoms with Crippen LogP contribution in [0.1, 0.15) is 32.6 Å². The van der Waals surface area contributed by atoms with Crippen molar-refractivity contribution in [1.29, 1.82) is 0 Å². The number of hydrogen-bond donors (Lipinski definition) is 1. The Morgan fingerprint density at radius 2 is 1.50 bits per heavy atom. The van der Waals surface area contributed by atoms with Gasteiger partial charge in [-0.1, -0.05) is 24.3 Å². The first-order valence-electron chi connectivity index (χ1n) is 12.9. The Kier molecular flexibility index (Phi) is 8.81. The normalized spacial score (nSPS) is 14.6. The molecule has 1 amide bonds. The van der Waals surface area contributed by atoms with Crippen LogP contribution in [0.25, 0.3) is 11.1 Å². The third-order valence-corrected chi connectivity index (χ3v) is 7.02. The fraction of sp³-hybridized carbons (Fsp3) is 0.345. The van der Waals surface area contributed by atoms with Crippen molar-refractivity contribution in [3.63, 3.8) is 0 Å². The van der Waals surface area contributed by atoms with E-state index in [1.54, 1.807) is 23.1 Å². The maximum atomic E-state index is 13.6. The minimum atomic E-state index is -5.00. The number of benzene rings is 2. The van der Waals surface area contributed by atoms with Crippen LogP contribution in [0.15, 0.2) is 54.7 Å². The van der Waals surface area contributed by atoms with Crippen molar-refractivity contribution in [2.24, 2.45) is 0 Å². The Morgan fingerprint density at radius 1 is 0.905 bits per heavy atom. The van der Waals surface area contributed by atoms with Crippen LogP contribution in [0.2, 0.25) is 0 Å². The maximum absolute atomic E-state index is 13.6. The SMILES string of the molecule is Cc1ccccc1-c1cc(N2CCN(CC(=O)O)CC2)ncc1C(=O)N(C)Cc1cc(C(F)(F)F)cc(C(F)(F)F)c1. The van der Waals surface area contributed by atoms with Crippen LogP contribution in [0.4, 0.5) is 32.2 Å². The van der Waals surface area contributed by atoms with Crippen molar-refractivity contribution in [1.82, 2.24) is 14.8 Å². The fourth-order valence-corrected chi connectivity index (χ4v) is 4.87. The number of carboxylic acid groups (broad SMARTS) is 1. The van der Waals surface area contributed by atoms with Crippen LogP contribution < -0.4 is 4.90 Å². The molecule has 224 valence electrons. The number of hydrogen-bond acceptors (Lipinski definition) is 5. The van der Waals surface area contributed by atoms with Crippen molar-refractivity contribution in [3.05, 3.63) is 82.5 Å². The number of carboxylic acids is 1. The van der Waals surface area contributed by atoms with Crippen molar-refractivity contribution >= 4 is 17.7 Å². The lowest BCUT2D eigenvalue weighted by Gasteiger charge is -2.35. The van der Waals surface area contributed by atoms with Crippen LogP contribution in [0, 0.1) is 6.92 Å². The molecule has 1 aromatic heterocycles. The van der Waals surface area contributed by atoms with Crippen molar-refractivity contribution in [3.8, 4) is 11.1 Å². The Balaban J connectivity index is 1.66. The van der Waals surface area contributed by atoms with E-state index < -0.39 is 41.9 Å². The second kappa shape index (κ2) is 12.0. The summed E-state index contributed by atoms with van der Waals surface area (Å²) in [5.41, 5.74) is -1.06. The molecule has 42 heavy (non-hydrogen) atoms. The summed E-state index contributed by atoms with van der Waals surface area (Å²) in [6, 6.07) is 10.2. The Labute approximate surface area is 238 Å². The third kappa shape index (κ3) is 7.19. The number of aryl methyl sites for hydroxylation is 1. The molecule has 13 heteroatoms. The second-order valence-electron chi connectivity index (χ2n) is 10.1. The maximum Gasteiger partial charge on any atom is 0.416 e. The molecule has 1 aliphatic rings. The second-order valence-corrected chi connectivity index (χ2v) is 10.1. The van der Waals surface area contributed by atoms with Gasteiger partial charge in [-0.15, -0.1) is 0 Å². The molecule has 2 heterocycles. The highest BCUT2D eigenvalue weighted by molar-refractivity contribution is 6.01. The predicted molar refractivity (Wildman–Crippen MR) is 143 cm³/mol. The molecule has 2 aromatic carbocycles. The molecule has 3 aromatic rings. The molecule has 0 unspecified atom stereocenters. The van der Waals surface area contributed by atoms with Gasteiger partial charge in [0.05, 0.1) is 23.2 Å². The number of carbonyl (C=O) groups excluding carboxylic acids is 1. The van der Waals surface area contributed by atoms with Gasteiger partial charge in [0, 0.05) is 46.0 Å².